The van der Waals surface area contributed by atoms with Crippen LogP contribution >= 0.6 is 0 Å². The third-order valence-corrected chi connectivity index (χ3v) is 10.1. The number of hydrogen-bond acceptors (Lipinski definition) is 8. The largest absolute Gasteiger partial charge is 0.463 e. The number of ether oxygens (including phenoxy) is 2. The van der Waals surface area contributed by atoms with Gasteiger partial charge in [-0.25, -0.2) is 14.4 Å². The Morgan fingerprint density at radius 1 is 1.07 bits per heavy atom. The number of rotatable bonds is 11. The molecule has 46 heavy (non-hydrogen) atoms. The normalized spacial score (nSPS) is 26.6. The van der Waals surface area contributed by atoms with Gasteiger partial charge in [0.15, 0.2) is 0 Å². The summed E-state index contributed by atoms with van der Waals surface area (Å²) in [6.07, 6.45) is 4.70. The minimum absolute atomic E-state index is 0.114. The van der Waals surface area contributed by atoms with Crippen molar-refractivity contribution < 1.29 is 37.0 Å². The van der Waals surface area contributed by atoms with Crippen LogP contribution in [-0.4, -0.2) is 63.2 Å². The second kappa shape index (κ2) is 12.0. The van der Waals surface area contributed by atoms with Gasteiger partial charge in [-0.05, 0) is 93.7 Å². The van der Waals surface area contributed by atoms with Crippen molar-refractivity contribution in [3.05, 3.63) is 41.2 Å². The van der Waals surface area contributed by atoms with E-state index in [0.29, 0.717) is 29.6 Å². The van der Waals surface area contributed by atoms with Crippen LogP contribution in [0.5, 0.6) is 0 Å². The van der Waals surface area contributed by atoms with E-state index >= 15 is 0 Å². The minimum atomic E-state index is -4.84. The predicted octanol–water partition coefficient (Wildman–Crippen LogP) is 5.08. The van der Waals surface area contributed by atoms with Gasteiger partial charge in [0, 0.05) is 0 Å². The summed E-state index contributed by atoms with van der Waals surface area (Å²) in [5.41, 5.74) is -3.01. The van der Waals surface area contributed by atoms with E-state index in [0.717, 1.165) is 49.1 Å². The fourth-order valence-corrected chi connectivity index (χ4v) is 8.35. The smallest absolute Gasteiger partial charge is 0.417 e. The molecule has 246 valence electrons. The standard InChI is InChI=1S/C32H37F3N6O5/c1-30(2)28(43)41(25-4-3-23(17-36)26(12-25)32(33,34)35)29(44)40(30)19-24-18-39(38-37-24)5-6-45-7-8-46-27(42)16-31-13-20-9-21(14-31)11-22(10-20)15-31/h3-4,12,18,20-22H,5-11,13-16,19H2,1-2H3. The number of alkyl halides is 3. The van der Waals surface area contributed by atoms with Crippen molar-refractivity contribution in [3.63, 3.8) is 0 Å². The fraction of sp³-hybridized carbons (Fsp3) is 0.625. The number of amides is 3. The third kappa shape index (κ3) is 6.21. The SMILES string of the molecule is CC1(C)C(=O)N(c2ccc(C#N)c(C(F)(F)F)c2)C(=O)N1Cc1cn(CCOCCOC(=O)CC23CC4CC(CC(C4)C2)C3)nn1. The number of imide groups is 1. The van der Waals surface area contributed by atoms with Gasteiger partial charge < -0.3 is 14.4 Å². The molecule has 0 atom stereocenters. The van der Waals surface area contributed by atoms with Crippen LogP contribution < -0.4 is 4.90 Å². The number of benzene rings is 1. The number of halogens is 3. The molecule has 4 saturated carbocycles. The highest BCUT2D eigenvalue weighted by molar-refractivity contribution is 6.23. The molecule has 7 rings (SSSR count). The van der Waals surface area contributed by atoms with Crippen LogP contribution in [0.25, 0.3) is 0 Å². The fourth-order valence-electron chi connectivity index (χ4n) is 8.35. The maximum atomic E-state index is 13.5. The van der Waals surface area contributed by atoms with Crippen LogP contribution in [0.4, 0.5) is 23.7 Å². The van der Waals surface area contributed by atoms with Crippen LogP contribution in [-0.2, 0) is 38.3 Å². The Balaban J connectivity index is 0.971. The Bertz CT molecular complexity index is 1530. The van der Waals surface area contributed by atoms with Crippen LogP contribution in [0.3, 0.4) is 0 Å². The summed E-state index contributed by atoms with van der Waals surface area (Å²) in [6, 6.07) is 3.39. The van der Waals surface area contributed by atoms with Gasteiger partial charge in [0.05, 0.1) is 61.8 Å². The molecule has 1 aromatic carbocycles. The Morgan fingerprint density at radius 3 is 2.37 bits per heavy atom. The lowest BCUT2D eigenvalue weighted by atomic mass is 9.49. The molecule has 0 unspecified atom stereocenters. The van der Waals surface area contributed by atoms with Gasteiger partial charge in [0.1, 0.15) is 17.8 Å². The zero-order chi connectivity index (χ0) is 32.9. The van der Waals surface area contributed by atoms with Crippen molar-refractivity contribution in [1.29, 1.82) is 5.26 Å². The number of esters is 1. The van der Waals surface area contributed by atoms with Crippen LogP contribution in [0, 0.1) is 34.5 Å². The van der Waals surface area contributed by atoms with Crippen molar-refractivity contribution >= 4 is 23.6 Å². The molecule has 2 heterocycles. The van der Waals surface area contributed by atoms with E-state index in [1.807, 2.05) is 0 Å². The summed E-state index contributed by atoms with van der Waals surface area (Å²) in [5, 5.41) is 17.2. The molecule has 11 nitrogen and oxygen atoms in total. The first-order chi connectivity index (χ1) is 21.8. The number of carbonyl (C=O) groups excluding carboxylic acids is 3. The van der Waals surface area contributed by atoms with E-state index in [-0.39, 0.29) is 43.4 Å². The highest BCUT2D eigenvalue weighted by Crippen LogP contribution is 2.61. The average Bonchev–Trinajstić information content (AvgIpc) is 3.49. The molecule has 1 aliphatic heterocycles. The summed E-state index contributed by atoms with van der Waals surface area (Å²) in [4.78, 5) is 41.0. The molecule has 0 N–H and O–H groups in total. The van der Waals surface area contributed by atoms with Crippen LogP contribution in [0.2, 0.25) is 0 Å². The first-order valence-corrected chi connectivity index (χ1v) is 15.7. The van der Waals surface area contributed by atoms with Gasteiger partial charge >= 0.3 is 18.2 Å². The molecule has 0 spiro atoms. The van der Waals surface area contributed by atoms with E-state index in [1.54, 1.807) is 6.20 Å². The van der Waals surface area contributed by atoms with E-state index in [9.17, 15) is 27.6 Å². The molecule has 2 aromatic rings. The lowest BCUT2D eigenvalue weighted by Gasteiger charge is -2.56. The Hall–Kier alpha value is -3.99. The van der Waals surface area contributed by atoms with E-state index in [2.05, 4.69) is 10.3 Å². The van der Waals surface area contributed by atoms with Crippen LogP contribution in [0.15, 0.2) is 24.4 Å². The van der Waals surface area contributed by atoms with Crippen molar-refractivity contribution in [2.45, 2.75) is 83.6 Å². The quantitative estimate of drug-likeness (QED) is 0.188. The van der Waals surface area contributed by atoms with Crippen molar-refractivity contribution in [3.8, 4) is 6.07 Å². The highest BCUT2D eigenvalue weighted by atomic mass is 19.4. The van der Waals surface area contributed by atoms with E-state index in [1.165, 1.54) is 48.8 Å². The van der Waals surface area contributed by atoms with Crippen LogP contribution in [0.1, 0.15) is 75.6 Å². The summed E-state index contributed by atoms with van der Waals surface area (Å²) in [7, 11) is 0. The summed E-state index contributed by atoms with van der Waals surface area (Å²) in [5.74, 6) is 1.48. The van der Waals surface area contributed by atoms with Gasteiger partial charge in [-0.2, -0.15) is 18.4 Å². The lowest BCUT2D eigenvalue weighted by molar-refractivity contribution is -0.153. The molecular weight excluding hydrogens is 605 g/mol. The predicted molar refractivity (Wildman–Crippen MR) is 156 cm³/mol. The molecule has 1 saturated heterocycles. The lowest BCUT2D eigenvalue weighted by Crippen LogP contribution is -2.47. The van der Waals surface area contributed by atoms with Crippen molar-refractivity contribution in [1.82, 2.24) is 19.9 Å². The number of aromatic nitrogens is 3. The Kier molecular flexibility index (Phi) is 8.33. The third-order valence-electron chi connectivity index (χ3n) is 10.1. The van der Waals surface area contributed by atoms with Gasteiger partial charge in [-0.3, -0.25) is 9.59 Å². The number of anilines is 1. The summed E-state index contributed by atoms with van der Waals surface area (Å²) < 4.78 is 53.2. The maximum Gasteiger partial charge on any atom is 0.417 e. The molecule has 5 aliphatic rings. The summed E-state index contributed by atoms with van der Waals surface area (Å²) in [6.45, 7) is 3.91. The van der Waals surface area contributed by atoms with E-state index in [4.69, 9.17) is 14.7 Å². The van der Waals surface area contributed by atoms with E-state index < -0.39 is 34.8 Å². The number of nitriles is 1. The highest BCUT2D eigenvalue weighted by Gasteiger charge is 2.53. The second-order valence-corrected chi connectivity index (χ2v) is 13.8. The molecular formula is C32H37F3N6O5. The second-order valence-electron chi connectivity index (χ2n) is 13.8. The monoisotopic (exact) mass is 642 g/mol. The Labute approximate surface area is 264 Å². The summed E-state index contributed by atoms with van der Waals surface area (Å²) >= 11 is 0. The van der Waals surface area contributed by atoms with Crippen molar-refractivity contribution in [2.75, 3.05) is 24.7 Å². The number of urea groups is 1. The van der Waals surface area contributed by atoms with Gasteiger partial charge in [-0.1, -0.05) is 5.21 Å². The number of nitrogens with zero attached hydrogens (tertiary/aromatic N) is 6. The average molecular weight is 643 g/mol. The van der Waals surface area contributed by atoms with Gasteiger partial charge in [-0.15, -0.1) is 5.10 Å². The van der Waals surface area contributed by atoms with Gasteiger partial charge in [0.25, 0.3) is 5.91 Å². The number of carbonyl (C=O) groups is 3. The van der Waals surface area contributed by atoms with Crippen molar-refractivity contribution in [2.24, 2.45) is 23.2 Å². The minimum Gasteiger partial charge on any atom is -0.463 e. The molecule has 4 bridgehead atoms. The first kappa shape index (κ1) is 32.0. The maximum absolute atomic E-state index is 13.5. The zero-order valence-corrected chi connectivity index (χ0v) is 25.9. The first-order valence-electron chi connectivity index (χ1n) is 15.7. The molecule has 0 radical (unpaired) electrons. The molecule has 4 aliphatic carbocycles. The molecule has 14 heteroatoms. The molecule has 1 aromatic heterocycles. The Morgan fingerprint density at radius 2 is 1.74 bits per heavy atom. The number of hydrogen-bond donors (Lipinski definition) is 0. The zero-order valence-electron chi connectivity index (χ0n) is 25.9. The van der Waals surface area contributed by atoms with Gasteiger partial charge in [0.2, 0.25) is 0 Å². The topological polar surface area (TPSA) is 131 Å². The molecule has 5 fully saturated rings. The molecule has 3 amide bonds.